The summed E-state index contributed by atoms with van der Waals surface area (Å²) in [4.78, 5) is 15.1. The van der Waals surface area contributed by atoms with Gasteiger partial charge in [-0.1, -0.05) is 0 Å². The van der Waals surface area contributed by atoms with Gasteiger partial charge in [-0.3, -0.25) is 4.79 Å². The van der Waals surface area contributed by atoms with Crippen LogP contribution in [0.4, 0.5) is 5.69 Å². The van der Waals surface area contributed by atoms with Crippen molar-refractivity contribution in [3.8, 4) is 0 Å². The number of nitrogen functional groups attached to an aromatic ring is 1. The normalized spacial score (nSPS) is 20.5. The van der Waals surface area contributed by atoms with Gasteiger partial charge in [-0.2, -0.15) is 0 Å². The molecule has 0 saturated carbocycles. The first-order chi connectivity index (χ1) is 8.66. The Hall–Kier alpha value is -1.60. The second-order valence-electron chi connectivity index (χ2n) is 5.61. The fourth-order valence-corrected chi connectivity index (χ4v) is 1.86. The molecular formula is C12H18BN3O3. The minimum atomic E-state index is -0.670. The number of aromatic nitrogens is 1. The summed E-state index contributed by atoms with van der Waals surface area (Å²) in [6.07, 6.45) is 1.47. The number of anilines is 1. The number of hydrogen-bond donors (Lipinski definition) is 2. The van der Waals surface area contributed by atoms with Gasteiger partial charge in [-0.05, 0) is 33.8 Å². The predicted octanol–water partition coefficient (Wildman–Crippen LogP) is 0.0619. The van der Waals surface area contributed by atoms with Gasteiger partial charge in [0.1, 0.15) is 5.69 Å². The van der Waals surface area contributed by atoms with E-state index in [1.807, 2.05) is 27.7 Å². The van der Waals surface area contributed by atoms with Crippen LogP contribution in [0, 0.1) is 0 Å². The zero-order valence-corrected chi connectivity index (χ0v) is 11.6. The highest BCUT2D eigenvalue weighted by molar-refractivity contribution is 6.64. The molecule has 0 radical (unpaired) electrons. The van der Waals surface area contributed by atoms with Crippen LogP contribution >= 0.6 is 0 Å². The third-order valence-electron chi connectivity index (χ3n) is 3.76. The Morgan fingerprint density at radius 1 is 1.26 bits per heavy atom. The molecule has 0 spiro atoms. The van der Waals surface area contributed by atoms with Gasteiger partial charge < -0.3 is 20.8 Å². The fourth-order valence-electron chi connectivity index (χ4n) is 1.86. The molecule has 2 rings (SSSR count). The molecule has 4 N–H and O–H groups in total. The van der Waals surface area contributed by atoms with Crippen molar-refractivity contribution in [3.63, 3.8) is 0 Å². The Bertz CT molecular complexity index is 515. The number of carbonyl (C=O) groups is 1. The molecule has 1 aliphatic rings. The van der Waals surface area contributed by atoms with Crippen LogP contribution in [-0.2, 0) is 9.31 Å². The topological polar surface area (TPSA) is 100 Å². The summed E-state index contributed by atoms with van der Waals surface area (Å²) in [6.45, 7) is 7.78. The molecule has 1 aromatic heterocycles. The molecule has 1 aliphatic heterocycles. The van der Waals surface area contributed by atoms with E-state index in [1.165, 1.54) is 6.20 Å². The van der Waals surface area contributed by atoms with Gasteiger partial charge >= 0.3 is 7.12 Å². The number of hydrogen-bond acceptors (Lipinski definition) is 5. The van der Waals surface area contributed by atoms with E-state index < -0.39 is 24.2 Å². The Kier molecular flexibility index (Phi) is 3.06. The predicted molar refractivity (Wildman–Crippen MR) is 72.9 cm³/mol. The van der Waals surface area contributed by atoms with Crippen LogP contribution in [-0.4, -0.2) is 29.2 Å². The summed E-state index contributed by atoms with van der Waals surface area (Å²) in [5, 5.41) is 0. The van der Waals surface area contributed by atoms with E-state index in [2.05, 4.69) is 4.98 Å². The van der Waals surface area contributed by atoms with Gasteiger partial charge in [0.15, 0.2) is 0 Å². The minimum Gasteiger partial charge on any atom is -0.399 e. The Morgan fingerprint density at radius 3 is 2.26 bits per heavy atom. The maximum Gasteiger partial charge on any atom is 0.497 e. The van der Waals surface area contributed by atoms with E-state index in [-0.39, 0.29) is 11.4 Å². The zero-order chi connectivity index (χ0) is 14.4. The lowest BCUT2D eigenvalue weighted by Gasteiger charge is -2.32. The maximum absolute atomic E-state index is 11.2. The third-order valence-corrected chi connectivity index (χ3v) is 3.76. The van der Waals surface area contributed by atoms with Gasteiger partial charge in [0.25, 0.3) is 5.91 Å². The molecular weight excluding hydrogens is 245 g/mol. The van der Waals surface area contributed by atoms with Gasteiger partial charge in [-0.15, -0.1) is 0 Å². The first kappa shape index (κ1) is 13.8. The van der Waals surface area contributed by atoms with Gasteiger partial charge in [0, 0.05) is 11.7 Å². The molecule has 1 saturated heterocycles. The zero-order valence-electron chi connectivity index (χ0n) is 11.6. The molecule has 0 atom stereocenters. The molecule has 1 amide bonds. The van der Waals surface area contributed by atoms with Crippen LogP contribution in [0.15, 0.2) is 12.3 Å². The van der Waals surface area contributed by atoms with Gasteiger partial charge in [-0.25, -0.2) is 4.98 Å². The summed E-state index contributed by atoms with van der Waals surface area (Å²) in [5.74, 6) is -0.670. The van der Waals surface area contributed by atoms with Crippen molar-refractivity contribution in [2.45, 2.75) is 38.9 Å². The van der Waals surface area contributed by atoms with Gasteiger partial charge in [0.05, 0.1) is 16.9 Å². The monoisotopic (exact) mass is 263 g/mol. The van der Waals surface area contributed by atoms with E-state index in [0.717, 1.165) is 0 Å². The van der Waals surface area contributed by atoms with E-state index in [9.17, 15) is 4.79 Å². The summed E-state index contributed by atoms with van der Waals surface area (Å²) in [7, 11) is -0.633. The van der Waals surface area contributed by atoms with Crippen molar-refractivity contribution >= 4 is 24.2 Å². The molecule has 0 bridgehead atoms. The van der Waals surface area contributed by atoms with Crippen molar-refractivity contribution in [1.82, 2.24) is 4.98 Å². The Balaban J connectivity index is 2.40. The van der Waals surface area contributed by atoms with E-state index >= 15 is 0 Å². The highest BCUT2D eigenvalue weighted by Gasteiger charge is 2.52. The molecule has 0 unspecified atom stereocenters. The summed E-state index contributed by atoms with van der Waals surface area (Å²) in [5.41, 5.74) is 11.0. The van der Waals surface area contributed by atoms with Crippen molar-refractivity contribution in [1.29, 1.82) is 0 Å². The molecule has 0 aliphatic carbocycles. The van der Waals surface area contributed by atoms with Crippen LogP contribution in [0.3, 0.4) is 0 Å². The first-order valence-electron chi connectivity index (χ1n) is 6.05. The maximum atomic E-state index is 11.2. The van der Waals surface area contributed by atoms with Crippen molar-refractivity contribution in [2.24, 2.45) is 5.73 Å². The standard InChI is InChI=1S/C12H18BN3O3/c1-11(2)12(3,4)19-13(18-11)7-5-6-16-9(8(7)14)10(15)17/h5-6H,14H2,1-4H3,(H2,15,17). The molecule has 102 valence electrons. The second kappa shape index (κ2) is 4.21. The average molecular weight is 263 g/mol. The molecule has 19 heavy (non-hydrogen) atoms. The van der Waals surface area contributed by atoms with Crippen molar-refractivity contribution < 1.29 is 14.1 Å². The third kappa shape index (κ3) is 2.19. The number of primary amides is 1. The Morgan fingerprint density at radius 2 is 1.79 bits per heavy atom. The average Bonchev–Trinajstić information content (AvgIpc) is 2.47. The smallest absolute Gasteiger partial charge is 0.399 e. The fraction of sp³-hybridized carbons (Fsp3) is 0.500. The number of carbonyl (C=O) groups excluding carboxylic acids is 1. The van der Waals surface area contributed by atoms with Crippen LogP contribution in [0.5, 0.6) is 0 Å². The highest BCUT2D eigenvalue weighted by Crippen LogP contribution is 2.36. The van der Waals surface area contributed by atoms with Gasteiger partial charge in [0.2, 0.25) is 0 Å². The second-order valence-corrected chi connectivity index (χ2v) is 5.61. The largest absolute Gasteiger partial charge is 0.497 e. The highest BCUT2D eigenvalue weighted by atomic mass is 16.7. The molecule has 0 aromatic carbocycles. The SMILES string of the molecule is CC1(C)OB(c2ccnc(C(N)=O)c2N)OC1(C)C. The minimum absolute atomic E-state index is 0.0345. The van der Waals surface area contributed by atoms with Crippen LogP contribution in [0.1, 0.15) is 38.2 Å². The molecule has 6 nitrogen and oxygen atoms in total. The summed E-state index contributed by atoms with van der Waals surface area (Å²) < 4.78 is 11.8. The van der Waals surface area contributed by atoms with Crippen molar-refractivity contribution in [2.75, 3.05) is 5.73 Å². The lowest BCUT2D eigenvalue weighted by molar-refractivity contribution is 0.00578. The summed E-state index contributed by atoms with van der Waals surface area (Å²) in [6, 6.07) is 1.67. The van der Waals surface area contributed by atoms with Crippen LogP contribution in [0.2, 0.25) is 0 Å². The van der Waals surface area contributed by atoms with E-state index in [4.69, 9.17) is 20.8 Å². The molecule has 1 fully saturated rings. The number of pyridine rings is 1. The molecule has 1 aromatic rings. The summed E-state index contributed by atoms with van der Waals surface area (Å²) >= 11 is 0. The lowest BCUT2D eigenvalue weighted by atomic mass is 9.78. The number of nitrogens with zero attached hydrogens (tertiary/aromatic N) is 1. The Labute approximate surface area is 112 Å². The van der Waals surface area contributed by atoms with Crippen LogP contribution < -0.4 is 16.9 Å². The molecule has 7 heteroatoms. The number of nitrogens with two attached hydrogens (primary N) is 2. The quantitative estimate of drug-likeness (QED) is 0.735. The molecule has 2 heterocycles. The van der Waals surface area contributed by atoms with Crippen molar-refractivity contribution in [3.05, 3.63) is 18.0 Å². The first-order valence-corrected chi connectivity index (χ1v) is 6.05. The van der Waals surface area contributed by atoms with Crippen LogP contribution in [0.25, 0.3) is 0 Å². The lowest BCUT2D eigenvalue weighted by Crippen LogP contribution is -2.41. The van der Waals surface area contributed by atoms with E-state index in [1.54, 1.807) is 6.07 Å². The number of rotatable bonds is 2. The number of amides is 1. The van der Waals surface area contributed by atoms with E-state index in [0.29, 0.717) is 5.46 Å².